The number of hydrogen-bond donors (Lipinski definition) is 0. The summed E-state index contributed by atoms with van der Waals surface area (Å²) in [6.07, 6.45) is 7.98. The van der Waals surface area contributed by atoms with Gasteiger partial charge in [0.1, 0.15) is 16.2 Å². The van der Waals surface area contributed by atoms with Crippen molar-refractivity contribution in [2.45, 2.75) is 6.42 Å². The Morgan fingerprint density at radius 1 is 1.22 bits per heavy atom. The largest absolute Gasteiger partial charge is 0.481 e. The van der Waals surface area contributed by atoms with Gasteiger partial charge >= 0.3 is 0 Å². The molecular weight excluding hydrogens is 310 g/mol. The Kier molecular flexibility index (Phi) is 3.27. The lowest BCUT2D eigenvalue weighted by molar-refractivity contribution is 0.400. The molecule has 0 aromatic carbocycles. The Hall–Kier alpha value is -2.80. The summed E-state index contributed by atoms with van der Waals surface area (Å²) in [6.45, 7) is 3.70. The van der Waals surface area contributed by atoms with Crippen molar-refractivity contribution in [3.05, 3.63) is 49.1 Å². The Balaban J connectivity index is 1.78. The monoisotopic (exact) mass is 323 g/mol. The van der Waals surface area contributed by atoms with E-state index in [2.05, 4.69) is 26.5 Å². The molecule has 0 amide bonds. The molecule has 0 bridgehead atoms. The molecule has 7 heteroatoms. The van der Waals surface area contributed by atoms with Crippen LogP contribution in [0.25, 0.3) is 26.7 Å². The summed E-state index contributed by atoms with van der Waals surface area (Å²) in [5.41, 5.74) is 3.45. The van der Waals surface area contributed by atoms with Crippen LogP contribution < -0.4 is 4.74 Å². The van der Waals surface area contributed by atoms with E-state index in [1.54, 1.807) is 19.5 Å². The molecule has 0 unspecified atom stereocenters. The van der Waals surface area contributed by atoms with E-state index in [0.717, 1.165) is 32.4 Å². The Labute approximate surface area is 136 Å². The molecule has 0 aliphatic rings. The summed E-state index contributed by atoms with van der Waals surface area (Å²) in [5.74, 6) is 0.603. The van der Waals surface area contributed by atoms with Gasteiger partial charge in [-0.25, -0.2) is 9.97 Å². The van der Waals surface area contributed by atoms with Gasteiger partial charge in [-0.3, -0.25) is 14.4 Å². The van der Waals surface area contributed by atoms with E-state index >= 15 is 0 Å². The molecule has 114 valence electrons. The average Bonchev–Trinajstić information content (AvgIpc) is 3.13. The van der Waals surface area contributed by atoms with E-state index in [1.165, 1.54) is 11.3 Å². The fraction of sp³-hybridized carbons (Fsp3) is 0.125. The van der Waals surface area contributed by atoms with Gasteiger partial charge in [-0.2, -0.15) is 0 Å². The molecule has 0 saturated heterocycles. The van der Waals surface area contributed by atoms with Gasteiger partial charge in [-0.05, 0) is 6.07 Å². The summed E-state index contributed by atoms with van der Waals surface area (Å²) in [5, 5.41) is 0. The topological polar surface area (TPSA) is 65.2 Å². The quantitative estimate of drug-likeness (QED) is 0.540. The second kappa shape index (κ2) is 5.44. The first-order valence-corrected chi connectivity index (χ1v) is 7.85. The zero-order valence-electron chi connectivity index (χ0n) is 12.4. The zero-order valence-corrected chi connectivity index (χ0v) is 13.2. The van der Waals surface area contributed by atoms with Crippen molar-refractivity contribution in [3.63, 3.8) is 0 Å². The molecule has 6 nitrogen and oxygen atoms in total. The van der Waals surface area contributed by atoms with Crippen LogP contribution in [0.2, 0.25) is 0 Å². The molecular formula is C16H13N5OS. The van der Waals surface area contributed by atoms with Crippen LogP contribution in [0.15, 0.2) is 43.4 Å². The van der Waals surface area contributed by atoms with Crippen LogP contribution >= 0.6 is 11.3 Å². The van der Waals surface area contributed by atoms with Crippen LogP contribution in [0.3, 0.4) is 0 Å². The van der Waals surface area contributed by atoms with Crippen molar-refractivity contribution in [2.24, 2.45) is 0 Å². The molecule has 4 aromatic heterocycles. The van der Waals surface area contributed by atoms with Gasteiger partial charge in [0.05, 0.1) is 24.5 Å². The number of rotatable bonds is 4. The molecule has 0 spiro atoms. The highest BCUT2D eigenvalue weighted by Gasteiger charge is 2.12. The van der Waals surface area contributed by atoms with Crippen molar-refractivity contribution < 1.29 is 4.74 Å². The summed E-state index contributed by atoms with van der Waals surface area (Å²) >= 11 is 1.52. The van der Waals surface area contributed by atoms with E-state index in [0.29, 0.717) is 12.3 Å². The highest BCUT2D eigenvalue weighted by Crippen LogP contribution is 2.28. The highest BCUT2D eigenvalue weighted by atomic mass is 32.1. The third-order valence-electron chi connectivity index (χ3n) is 3.47. The molecule has 0 N–H and O–H groups in total. The molecule has 0 aliphatic heterocycles. The molecule has 0 saturated carbocycles. The standard InChI is InChI=1S/C16H13N5OS/c1-3-4-10-7-18-11(8-17-10)12-9-21-13-5-6-14(22-2)20-15(13)23-16(21)19-12/h3,5-9H,1,4H2,2H3. The predicted octanol–water partition coefficient (Wildman–Crippen LogP) is 3.14. The van der Waals surface area contributed by atoms with Crippen LogP contribution in [-0.4, -0.2) is 31.4 Å². The average molecular weight is 323 g/mol. The maximum atomic E-state index is 5.16. The number of hydrogen-bond acceptors (Lipinski definition) is 6. The maximum absolute atomic E-state index is 5.16. The summed E-state index contributed by atoms with van der Waals surface area (Å²) in [7, 11) is 1.61. The molecule has 4 heterocycles. The molecule has 0 radical (unpaired) electrons. The predicted molar refractivity (Wildman–Crippen MR) is 89.8 cm³/mol. The second-order valence-corrected chi connectivity index (χ2v) is 5.90. The first-order chi connectivity index (χ1) is 11.3. The maximum Gasteiger partial charge on any atom is 0.214 e. The van der Waals surface area contributed by atoms with E-state index in [9.17, 15) is 0 Å². The van der Waals surface area contributed by atoms with Crippen LogP contribution in [0.4, 0.5) is 0 Å². The van der Waals surface area contributed by atoms with Crippen molar-refractivity contribution in [1.82, 2.24) is 24.3 Å². The van der Waals surface area contributed by atoms with Gasteiger partial charge in [-0.1, -0.05) is 17.4 Å². The third-order valence-corrected chi connectivity index (χ3v) is 4.43. The lowest BCUT2D eigenvalue weighted by atomic mass is 10.3. The first kappa shape index (κ1) is 13.8. The normalized spacial score (nSPS) is 11.2. The zero-order chi connectivity index (χ0) is 15.8. The number of ether oxygens (including phenoxy) is 1. The van der Waals surface area contributed by atoms with Crippen molar-refractivity contribution in [1.29, 1.82) is 0 Å². The molecule has 4 rings (SSSR count). The first-order valence-electron chi connectivity index (χ1n) is 7.03. The third kappa shape index (κ3) is 2.35. The number of allylic oxidation sites excluding steroid dienone is 1. The van der Waals surface area contributed by atoms with Crippen molar-refractivity contribution in [2.75, 3.05) is 7.11 Å². The molecule has 0 aliphatic carbocycles. The van der Waals surface area contributed by atoms with Crippen LogP contribution in [-0.2, 0) is 6.42 Å². The van der Waals surface area contributed by atoms with E-state index in [-0.39, 0.29) is 0 Å². The Morgan fingerprint density at radius 2 is 2.13 bits per heavy atom. The molecule has 23 heavy (non-hydrogen) atoms. The Morgan fingerprint density at radius 3 is 2.87 bits per heavy atom. The minimum atomic E-state index is 0.603. The van der Waals surface area contributed by atoms with E-state index in [1.807, 2.05) is 28.8 Å². The number of nitrogens with zero attached hydrogens (tertiary/aromatic N) is 5. The summed E-state index contributed by atoms with van der Waals surface area (Å²) in [6, 6.07) is 3.83. The number of imidazole rings is 1. The lowest BCUT2D eigenvalue weighted by Crippen LogP contribution is -1.91. The lowest BCUT2D eigenvalue weighted by Gasteiger charge is -1.98. The molecule has 0 fully saturated rings. The fourth-order valence-electron chi connectivity index (χ4n) is 2.35. The molecule has 4 aromatic rings. The number of fused-ring (bicyclic) bond motifs is 3. The Bertz CT molecular complexity index is 1000. The fourth-order valence-corrected chi connectivity index (χ4v) is 3.32. The number of methoxy groups -OCH3 is 1. The van der Waals surface area contributed by atoms with Gasteiger partial charge in [0.25, 0.3) is 0 Å². The minimum Gasteiger partial charge on any atom is -0.481 e. The van der Waals surface area contributed by atoms with Gasteiger partial charge < -0.3 is 4.74 Å². The SMILES string of the molecule is C=CCc1cnc(-c2cn3c(n2)sc2nc(OC)ccc23)cn1. The van der Waals surface area contributed by atoms with Gasteiger partial charge in [0.2, 0.25) is 5.88 Å². The number of pyridine rings is 1. The highest BCUT2D eigenvalue weighted by molar-refractivity contribution is 7.23. The van der Waals surface area contributed by atoms with Crippen LogP contribution in [0.5, 0.6) is 5.88 Å². The summed E-state index contributed by atoms with van der Waals surface area (Å²) < 4.78 is 7.17. The van der Waals surface area contributed by atoms with Gasteiger partial charge in [0.15, 0.2) is 4.96 Å². The van der Waals surface area contributed by atoms with Crippen molar-refractivity contribution in [3.8, 4) is 17.3 Å². The number of thiazole rings is 1. The second-order valence-electron chi connectivity index (χ2n) is 4.94. The van der Waals surface area contributed by atoms with Gasteiger partial charge in [0, 0.05) is 24.9 Å². The van der Waals surface area contributed by atoms with E-state index in [4.69, 9.17) is 4.74 Å². The number of aromatic nitrogens is 5. The van der Waals surface area contributed by atoms with Gasteiger partial charge in [-0.15, -0.1) is 6.58 Å². The van der Waals surface area contributed by atoms with Crippen molar-refractivity contribution >= 4 is 26.6 Å². The minimum absolute atomic E-state index is 0.603. The van der Waals surface area contributed by atoms with E-state index < -0.39 is 0 Å². The molecule has 0 atom stereocenters. The smallest absolute Gasteiger partial charge is 0.214 e. The van der Waals surface area contributed by atoms with Crippen LogP contribution in [0.1, 0.15) is 5.69 Å². The van der Waals surface area contributed by atoms with Crippen LogP contribution in [0, 0.1) is 0 Å². The summed E-state index contributed by atoms with van der Waals surface area (Å²) in [4.78, 5) is 19.6.